The van der Waals surface area contributed by atoms with Gasteiger partial charge in [-0.2, -0.15) is 0 Å². The van der Waals surface area contributed by atoms with Gasteiger partial charge in [-0.15, -0.1) is 0 Å². The predicted molar refractivity (Wildman–Crippen MR) is 76.5 cm³/mol. The van der Waals surface area contributed by atoms with E-state index in [4.69, 9.17) is 0 Å². The second-order valence-corrected chi connectivity index (χ2v) is 4.73. The van der Waals surface area contributed by atoms with E-state index in [0.717, 1.165) is 0 Å². The Balaban J connectivity index is 1.97. The normalized spacial score (nSPS) is 10.7. The van der Waals surface area contributed by atoms with Crippen LogP contribution in [0.2, 0.25) is 0 Å². The molecule has 0 bridgehead atoms. The fraction of sp³-hybridized carbons (Fsp3) is 0.357. The molecule has 6 nitrogen and oxygen atoms in total. The number of carbonyl (C=O) groups excluding carboxylic acids is 1. The number of pyridine rings is 1. The van der Waals surface area contributed by atoms with Crippen molar-refractivity contribution in [3.63, 3.8) is 0 Å². The second-order valence-electron chi connectivity index (χ2n) is 4.73. The highest BCUT2D eigenvalue weighted by molar-refractivity contribution is 5.75. The molecule has 2 aromatic rings. The van der Waals surface area contributed by atoms with E-state index in [1.54, 1.807) is 37.3 Å². The maximum Gasteiger partial charge on any atom is 0.258 e. The lowest BCUT2D eigenvalue weighted by Gasteiger charge is -2.10. The van der Waals surface area contributed by atoms with E-state index in [9.17, 15) is 9.59 Å². The molecule has 0 radical (unpaired) electrons. The van der Waals surface area contributed by atoms with Gasteiger partial charge in [-0.05, 0) is 12.1 Å². The fourth-order valence-corrected chi connectivity index (χ4v) is 1.83. The predicted octanol–water partition coefficient (Wildman–Crippen LogP) is 0.262. The molecule has 20 heavy (non-hydrogen) atoms. The summed E-state index contributed by atoms with van der Waals surface area (Å²) < 4.78 is 1.50. The molecule has 0 saturated heterocycles. The third-order valence-electron chi connectivity index (χ3n) is 2.94. The molecule has 0 saturated carbocycles. The zero-order valence-electron chi connectivity index (χ0n) is 11.7. The lowest BCUT2D eigenvalue weighted by Crippen LogP contribution is -2.27. The van der Waals surface area contributed by atoms with E-state index in [2.05, 4.69) is 10.3 Å². The molecule has 0 unspecified atom stereocenters. The first-order valence-corrected chi connectivity index (χ1v) is 6.46. The van der Waals surface area contributed by atoms with Gasteiger partial charge in [0.05, 0.1) is 5.69 Å². The second kappa shape index (κ2) is 6.29. The van der Waals surface area contributed by atoms with Crippen molar-refractivity contribution in [2.75, 3.05) is 20.6 Å². The van der Waals surface area contributed by atoms with Gasteiger partial charge in [0.25, 0.3) is 5.56 Å². The van der Waals surface area contributed by atoms with Crippen LogP contribution in [0.15, 0.2) is 35.3 Å². The maximum atomic E-state index is 11.9. The standard InChI is InChI=1S/C14H18N4O2/c1-17(2)13(19)6-7-15-10-11-9-14(20)18-8-4-3-5-12(18)16-11/h3-5,8-9,15H,6-7,10H2,1-2H3. The average Bonchev–Trinajstić information content (AvgIpc) is 2.43. The van der Waals surface area contributed by atoms with Gasteiger partial charge in [-0.25, -0.2) is 4.98 Å². The van der Waals surface area contributed by atoms with Gasteiger partial charge in [0.1, 0.15) is 5.65 Å². The van der Waals surface area contributed by atoms with Gasteiger partial charge in [0.15, 0.2) is 0 Å². The average molecular weight is 274 g/mol. The van der Waals surface area contributed by atoms with Crippen molar-refractivity contribution in [3.8, 4) is 0 Å². The van der Waals surface area contributed by atoms with Gasteiger partial charge in [-0.1, -0.05) is 6.07 Å². The fourth-order valence-electron chi connectivity index (χ4n) is 1.83. The largest absolute Gasteiger partial charge is 0.349 e. The van der Waals surface area contributed by atoms with Crippen molar-refractivity contribution in [2.45, 2.75) is 13.0 Å². The number of hydrogen-bond acceptors (Lipinski definition) is 4. The van der Waals surface area contributed by atoms with Gasteiger partial charge >= 0.3 is 0 Å². The van der Waals surface area contributed by atoms with Crippen LogP contribution >= 0.6 is 0 Å². The Hall–Kier alpha value is -2.21. The molecule has 106 valence electrons. The molecule has 0 atom stereocenters. The first kappa shape index (κ1) is 14.2. The molecule has 1 amide bonds. The van der Waals surface area contributed by atoms with Crippen LogP contribution in [0.3, 0.4) is 0 Å². The summed E-state index contributed by atoms with van der Waals surface area (Å²) in [6, 6.07) is 6.93. The summed E-state index contributed by atoms with van der Waals surface area (Å²) in [5, 5.41) is 3.12. The van der Waals surface area contributed by atoms with Crippen molar-refractivity contribution in [2.24, 2.45) is 0 Å². The molecule has 1 N–H and O–H groups in total. The highest BCUT2D eigenvalue weighted by Gasteiger charge is 2.04. The monoisotopic (exact) mass is 274 g/mol. The van der Waals surface area contributed by atoms with Crippen LogP contribution in [0.4, 0.5) is 0 Å². The molecule has 0 spiro atoms. The first-order valence-electron chi connectivity index (χ1n) is 6.46. The van der Waals surface area contributed by atoms with Gasteiger partial charge in [-0.3, -0.25) is 14.0 Å². The molecule has 0 fully saturated rings. The van der Waals surface area contributed by atoms with Crippen molar-refractivity contribution in [1.29, 1.82) is 0 Å². The third kappa shape index (κ3) is 3.42. The summed E-state index contributed by atoms with van der Waals surface area (Å²) in [5.41, 5.74) is 1.21. The minimum absolute atomic E-state index is 0.0732. The molecule has 6 heteroatoms. The topological polar surface area (TPSA) is 66.7 Å². The lowest BCUT2D eigenvalue weighted by molar-refractivity contribution is -0.128. The molecule has 0 aliphatic heterocycles. The Kier molecular flexibility index (Phi) is 4.47. The van der Waals surface area contributed by atoms with Crippen LogP contribution in [0, 0.1) is 0 Å². The van der Waals surface area contributed by atoms with Crippen LogP contribution in [0.5, 0.6) is 0 Å². The molecule has 2 rings (SSSR count). The van der Waals surface area contributed by atoms with Crippen LogP contribution in [0.25, 0.3) is 5.65 Å². The minimum Gasteiger partial charge on any atom is -0.349 e. The SMILES string of the molecule is CN(C)C(=O)CCNCc1cc(=O)n2ccccc2n1. The number of nitrogens with one attached hydrogen (secondary N) is 1. The Bertz CT molecular complexity index is 664. The minimum atomic E-state index is -0.100. The van der Waals surface area contributed by atoms with E-state index in [1.165, 1.54) is 10.5 Å². The highest BCUT2D eigenvalue weighted by Crippen LogP contribution is 1.98. The molecule has 0 aromatic carbocycles. The van der Waals surface area contributed by atoms with Gasteiger partial charge in [0.2, 0.25) is 5.91 Å². The van der Waals surface area contributed by atoms with Crippen LogP contribution in [-0.2, 0) is 11.3 Å². The quantitative estimate of drug-likeness (QED) is 0.794. The zero-order chi connectivity index (χ0) is 14.5. The van der Waals surface area contributed by atoms with E-state index in [1.807, 2.05) is 6.07 Å². The molecule has 0 aliphatic rings. The number of carbonyl (C=O) groups is 1. The zero-order valence-corrected chi connectivity index (χ0v) is 11.7. The van der Waals surface area contributed by atoms with Crippen molar-refractivity contribution < 1.29 is 4.79 Å². The van der Waals surface area contributed by atoms with E-state index in [-0.39, 0.29) is 11.5 Å². The Labute approximate surface area is 117 Å². The number of rotatable bonds is 5. The molecular weight excluding hydrogens is 256 g/mol. The number of nitrogens with zero attached hydrogens (tertiary/aromatic N) is 3. The van der Waals surface area contributed by atoms with E-state index >= 15 is 0 Å². The summed E-state index contributed by atoms with van der Waals surface area (Å²) >= 11 is 0. The number of aromatic nitrogens is 2. The summed E-state index contributed by atoms with van der Waals surface area (Å²) in [6.45, 7) is 1.04. The summed E-state index contributed by atoms with van der Waals surface area (Å²) in [5.74, 6) is 0.0732. The van der Waals surface area contributed by atoms with E-state index in [0.29, 0.717) is 30.9 Å². The summed E-state index contributed by atoms with van der Waals surface area (Å²) in [6.07, 6.45) is 2.12. The summed E-state index contributed by atoms with van der Waals surface area (Å²) in [4.78, 5) is 29.2. The van der Waals surface area contributed by atoms with E-state index < -0.39 is 0 Å². The summed E-state index contributed by atoms with van der Waals surface area (Å²) in [7, 11) is 3.46. The molecule has 2 aromatic heterocycles. The highest BCUT2D eigenvalue weighted by atomic mass is 16.2. The van der Waals surface area contributed by atoms with Crippen LogP contribution < -0.4 is 10.9 Å². The molecular formula is C14H18N4O2. The molecule has 2 heterocycles. The first-order chi connectivity index (χ1) is 9.58. The van der Waals surface area contributed by atoms with Crippen molar-refractivity contribution in [3.05, 3.63) is 46.5 Å². The van der Waals surface area contributed by atoms with Crippen LogP contribution in [-0.4, -0.2) is 40.8 Å². The smallest absolute Gasteiger partial charge is 0.258 e. The maximum absolute atomic E-state index is 11.9. The Morgan fingerprint density at radius 2 is 2.20 bits per heavy atom. The van der Waals surface area contributed by atoms with Gasteiger partial charge < -0.3 is 10.2 Å². The van der Waals surface area contributed by atoms with Crippen molar-refractivity contribution >= 4 is 11.6 Å². The van der Waals surface area contributed by atoms with Gasteiger partial charge in [0, 0.05) is 45.9 Å². The Morgan fingerprint density at radius 1 is 1.40 bits per heavy atom. The number of hydrogen-bond donors (Lipinski definition) is 1. The van der Waals surface area contributed by atoms with Crippen molar-refractivity contribution in [1.82, 2.24) is 19.6 Å². The third-order valence-corrected chi connectivity index (χ3v) is 2.94. The Morgan fingerprint density at radius 3 is 2.95 bits per heavy atom. The lowest BCUT2D eigenvalue weighted by atomic mass is 10.3. The molecule has 0 aliphatic carbocycles. The number of amides is 1. The number of fused-ring (bicyclic) bond motifs is 1. The van der Waals surface area contributed by atoms with Crippen LogP contribution in [0.1, 0.15) is 12.1 Å².